The number of amides is 2. The van der Waals surface area contributed by atoms with Crippen LogP contribution in [-0.2, 0) is 6.42 Å². The van der Waals surface area contributed by atoms with Gasteiger partial charge >= 0.3 is 6.03 Å². The highest BCUT2D eigenvalue weighted by molar-refractivity contribution is 5.89. The first-order valence-corrected chi connectivity index (χ1v) is 7.38. The lowest BCUT2D eigenvalue weighted by molar-refractivity contribution is 0.248. The number of anilines is 2. The molecule has 0 aliphatic heterocycles. The molecular formula is C16H18FN5O. The fourth-order valence-electron chi connectivity index (χ4n) is 2.68. The monoisotopic (exact) mass is 315 g/mol. The molecule has 1 aliphatic carbocycles. The molecule has 1 unspecified atom stereocenters. The summed E-state index contributed by atoms with van der Waals surface area (Å²) in [7, 11) is 3.69. The van der Waals surface area contributed by atoms with Crippen LogP contribution < -0.4 is 15.5 Å². The molecule has 0 spiro atoms. The van der Waals surface area contributed by atoms with E-state index in [1.807, 2.05) is 14.1 Å². The lowest BCUT2D eigenvalue weighted by atomic mass is 10.1. The van der Waals surface area contributed by atoms with Gasteiger partial charge in [0.05, 0.1) is 24.1 Å². The van der Waals surface area contributed by atoms with E-state index >= 15 is 0 Å². The SMILES string of the molecule is CN(C)c1ncc(NC(=O)NC2CCc3cc(F)ccc32)cn1. The molecule has 2 N–H and O–H groups in total. The van der Waals surface area contributed by atoms with Crippen molar-refractivity contribution in [2.75, 3.05) is 24.3 Å². The van der Waals surface area contributed by atoms with E-state index in [0.717, 1.165) is 24.0 Å². The molecule has 3 rings (SSSR count). The number of aryl methyl sites for hydroxylation is 1. The molecule has 1 atom stereocenters. The number of nitrogens with zero attached hydrogens (tertiary/aromatic N) is 3. The zero-order valence-electron chi connectivity index (χ0n) is 13.0. The van der Waals surface area contributed by atoms with E-state index in [-0.39, 0.29) is 17.9 Å². The van der Waals surface area contributed by atoms with Crippen LogP contribution in [0.2, 0.25) is 0 Å². The van der Waals surface area contributed by atoms with Gasteiger partial charge in [0, 0.05) is 14.1 Å². The van der Waals surface area contributed by atoms with Crippen LogP contribution in [0.3, 0.4) is 0 Å². The van der Waals surface area contributed by atoms with Crippen LogP contribution in [0.5, 0.6) is 0 Å². The number of hydrogen-bond donors (Lipinski definition) is 2. The standard InChI is InChI=1S/C16H18FN5O/c1-22(2)15-18-8-12(9-19-15)20-16(23)21-14-6-3-10-7-11(17)4-5-13(10)14/h4-5,7-9,14H,3,6H2,1-2H3,(H2,20,21,23). The number of carbonyl (C=O) groups excluding carboxylic acids is 1. The Labute approximate surface area is 133 Å². The van der Waals surface area contributed by atoms with Crippen LogP contribution in [0.15, 0.2) is 30.6 Å². The van der Waals surface area contributed by atoms with Crippen LogP contribution in [0.25, 0.3) is 0 Å². The number of halogens is 1. The topological polar surface area (TPSA) is 70.2 Å². The molecule has 0 saturated heterocycles. The van der Waals surface area contributed by atoms with Crippen molar-refractivity contribution < 1.29 is 9.18 Å². The number of aromatic nitrogens is 2. The molecular weight excluding hydrogens is 297 g/mol. The van der Waals surface area contributed by atoms with Crippen molar-refractivity contribution in [1.82, 2.24) is 15.3 Å². The van der Waals surface area contributed by atoms with Gasteiger partial charge in [-0.05, 0) is 36.1 Å². The highest BCUT2D eigenvalue weighted by Gasteiger charge is 2.24. The number of carbonyl (C=O) groups is 1. The smallest absolute Gasteiger partial charge is 0.319 e. The normalized spacial score (nSPS) is 15.9. The first-order chi connectivity index (χ1) is 11.0. The molecule has 23 heavy (non-hydrogen) atoms. The maximum absolute atomic E-state index is 13.2. The second-order valence-corrected chi connectivity index (χ2v) is 5.70. The Kier molecular flexibility index (Phi) is 4.10. The van der Waals surface area contributed by atoms with Gasteiger partial charge in [-0.3, -0.25) is 0 Å². The molecule has 0 saturated carbocycles. The molecule has 1 aliphatic rings. The van der Waals surface area contributed by atoms with Crippen molar-refractivity contribution in [3.05, 3.63) is 47.5 Å². The molecule has 2 amide bonds. The summed E-state index contributed by atoms with van der Waals surface area (Å²) in [6, 6.07) is 4.26. The number of rotatable bonds is 3. The van der Waals surface area contributed by atoms with Crippen molar-refractivity contribution in [3.8, 4) is 0 Å². The van der Waals surface area contributed by atoms with Gasteiger partial charge < -0.3 is 15.5 Å². The third-order valence-corrected chi connectivity index (χ3v) is 3.78. The molecule has 1 heterocycles. The summed E-state index contributed by atoms with van der Waals surface area (Å²) in [6.07, 6.45) is 4.64. The average Bonchev–Trinajstić information content (AvgIpc) is 2.89. The maximum Gasteiger partial charge on any atom is 0.319 e. The van der Waals surface area contributed by atoms with Crippen molar-refractivity contribution in [1.29, 1.82) is 0 Å². The Balaban J connectivity index is 1.62. The van der Waals surface area contributed by atoms with Crippen LogP contribution in [-0.4, -0.2) is 30.1 Å². The second-order valence-electron chi connectivity index (χ2n) is 5.70. The van der Waals surface area contributed by atoms with Crippen molar-refractivity contribution in [2.45, 2.75) is 18.9 Å². The zero-order chi connectivity index (χ0) is 16.4. The van der Waals surface area contributed by atoms with Crippen molar-refractivity contribution in [2.24, 2.45) is 0 Å². The van der Waals surface area contributed by atoms with Crippen LogP contribution in [0.4, 0.5) is 20.8 Å². The minimum Gasteiger partial charge on any atom is -0.347 e. The van der Waals surface area contributed by atoms with E-state index in [1.54, 1.807) is 23.4 Å². The van der Waals surface area contributed by atoms with E-state index in [9.17, 15) is 9.18 Å². The molecule has 0 bridgehead atoms. The number of fused-ring (bicyclic) bond motifs is 1. The van der Waals surface area contributed by atoms with Gasteiger partial charge in [0.2, 0.25) is 5.95 Å². The highest BCUT2D eigenvalue weighted by Crippen LogP contribution is 2.31. The number of hydrogen-bond acceptors (Lipinski definition) is 4. The number of urea groups is 1. The number of nitrogens with one attached hydrogen (secondary N) is 2. The first-order valence-electron chi connectivity index (χ1n) is 7.38. The predicted molar refractivity (Wildman–Crippen MR) is 86.0 cm³/mol. The second kappa shape index (κ2) is 6.20. The van der Waals surface area contributed by atoms with E-state index in [2.05, 4.69) is 20.6 Å². The summed E-state index contributed by atoms with van der Waals surface area (Å²) in [5.41, 5.74) is 2.44. The van der Waals surface area contributed by atoms with Crippen molar-refractivity contribution >= 4 is 17.7 Å². The average molecular weight is 315 g/mol. The van der Waals surface area contributed by atoms with Gasteiger partial charge in [-0.2, -0.15) is 0 Å². The largest absolute Gasteiger partial charge is 0.347 e. The summed E-state index contributed by atoms with van der Waals surface area (Å²) >= 11 is 0. The fourth-order valence-corrected chi connectivity index (χ4v) is 2.68. The van der Waals surface area contributed by atoms with E-state index < -0.39 is 0 Å². The lowest BCUT2D eigenvalue weighted by Crippen LogP contribution is -2.31. The summed E-state index contributed by atoms with van der Waals surface area (Å²) in [5, 5.41) is 5.61. The van der Waals surface area contributed by atoms with Crippen LogP contribution in [0.1, 0.15) is 23.6 Å². The van der Waals surface area contributed by atoms with Gasteiger partial charge in [-0.1, -0.05) is 6.07 Å². The van der Waals surface area contributed by atoms with Gasteiger partial charge in [0.1, 0.15) is 5.82 Å². The summed E-state index contributed by atoms with van der Waals surface area (Å²) < 4.78 is 13.2. The zero-order valence-corrected chi connectivity index (χ0v) is 13.0. The summed E-state index contributed by atoms with van der Waals surface area (Å²) in [6.45, 7) is 0. The molecule has 120 valence electrons. The fraction of sp³-hybridized carbons (Fsp3) is 0.312. The molecule has 1 aromatic carbocycles. The van der Waals surface area contributed by atoms with Gasteiger partial charge in [-0.25, -0.2) is 19.2 Å². The Bertz CT molecular complexity index is 717. The Hall–Kier alpha value is -2.70. The predicted octanol–water partition coefficient (Wildman–Crippen LogP) is 2.49. The van der Waals surface area contributed by atoms with Crippen LogP contribution >= 0.6 is 0 Å². The molecule has 1 aromatic heterocycles. The first kappa shape index (κ1) is 15.2. The lowest BCUT2D eigenvalue weighted by Gasteiger charge is -2.15. The Morgan fingerprint density at radius 1 is 1.30 bits per heavy atom. The van der Waals surface area contributed by atoms with E-state index in [0.29, 0.717) is 11.6 Å². The third-order valence-electron chi connectivity index (χ3n) is 3.78. The van der Waals surface area contributed by atoms with Crippen LogP contribution in [0, 0.1) is 5.82 Å². The third kappa shape index (κ3) is 3.39. The van der Waals surface area contributed by atoms with Crippen molar-refractivity contribution in [3.63, 3.8) is 0 Å². The molecule has 0 fully saturated rings. The van der Waals surface area contributed by atoms with Gasteiger partial charge in [0.25, 0.3) is 0 Å². The summed E-state index contributed by atoms with van der Waals surface area (Å²) in [5.74, 6) is 0.328. The minimum absolute atomic E-state index is 0.104. The summed E-state index contributed by atoms with van der Waals surface area (Å²) in [4.78, 5) is 22.2. The Morgan fingerprint density at radius 2 is 2.04 bits per heavy atom. The Morgan fingerprint density at radius 3 is 2.74 bits per heavy atom. The van der Waals surface area contributed by atoms with E-state index in [4.69, 9.17) is 0 Å². The highest BCUT2D eigenvalue weighted by atomic mass is 19.1. The molecule has 0 radical (unpaired) electrons. The quantitative estimate of drug-likeness (QED) is 0.913. The maximum atomic E-state index is 13.2. The van der Waals surface area contributed by atoms with Gasteiger partial charge in [0.15, 0.2) is 0 Å². The molecule has 6 nitrogen and oxygen atoms in total. The molecule has 2 aromatic rings. The van der Waals surface area contributed by atoms with Gasteiger partial charge in [-0.15, -0.1) is 0 Å². The number of benzene rings is 1. The molecule has 7 heteroatoms. The van der Waals surface area contributed by atoms with E-state index in [1.165, 1.54) is 12.1 Å². The minimum atomic E-state index is -0.326.